The van der Waals surface area contributed by atoms with Gasteiger partial charge in [0, 0.05) is 17.5 Å². The summed E-state index contributed by atoms with van der Waals surface area (Å²) < 4.78 is 1.18. The Bertz CT molecular complexity index is 260. The average Bonchev–Trinajstić information content (AvgIpc) is 2.33. The van der Waals surface area contributed by atoms with Gasteiger partial charge >= 0.3 is 0 Å². The molecule has 0 aromatic carbocycles. The van der Waals surface area contributed by atoms with Crippen molar-refractivity contribution in [3.8, 4) is 0 Å². The third-order valence-electron chi connectivity index (χ3n) is 1.69. The molecule has 0 bridgehead atoms. The summed E-state index contributed by atoms with van der Waals surface area (Å²) in [7, 11) is 4.09. The van der Waals surface area contributed by atoms with Crippen LogP contribution in [-0.2, 0) is 6.42 Å². The first-order valence-electron chi connectivity index (χ1n) is 4.22. The van der Waals surface area contributed by atoms with E-state index in [-0.39, 0.29) is 6.04 Å². The molecule has 1 atom stereocenters. The number of rotatable bonds is 4. The first kappa shape index (κ1) is 11.2. The second-order valence-corrected chi connectivity index (χ2v) is 5.98. The first-order valence-corrected chi connectivity index (χ1v) is 5.83. The highest BCUT2D eigenvalue weighted by Gasteiger charge is 2.06. The standard InChI is InChI=1S/C9H15BrN2S/c1-12(2)6-7(11)5-8-3-4-9(10)13-8/h3-4,7H,5-6,11H2,1-2H3. The molecule has 0 aliphatic rings. The predicted molar refractivity (Wildman–Crippen MR) is 62.3 cm³/mol. The Kier molecular flexibility index (Phi) is 4.38. The van der Waals surface area contributed by atoms with E-state index in [1.54, 1.807) is 11.3 Å². The van der Waals surface area contributed by atoms with Crippen molar-refractivity contribution in [2.75, 3.05) is 20.6 Å². The van der Waals surface area contributed by atoms with Crippen molar-refractivity contribution in [3.05, 3.63) is 20.8 Å². The fourth-order valence-electron chi connectivity index (χ4n) is 1.25. The van der Waals surface area contributed by atoms with E-state index in [9.17, 15) is 0 Å². The van der Waals surface area contributed by atoms with Crippen LogP contribution in [0.5, 0.6) is 0 Å². The summed E-state index contributed by atoms with van der Waals surface area (Å²) >= 11 is 5.20. The van der Waals surface area contributed by atoms with Gasteiger partial charge in [-0.25, -0.2) is 0 Å². The largest absolute Gasteiger partial charge is 0.326 e. The molecule has 0 saturated carbocycles. The maximum Gasteiger partial charge on any atom is 0.0701 e. The summed E-state index contributed by atoms with van der Waals surface area (Å²) in [5.41, 5.74) is 5.97. The minimum Gasteiger partial charge on any atom is -0.326 e. The van der Waals surface area contributed by atoms with E-state index < -0.39 is 0 Å². The van der Waals surface area contributed by atoms with Crippen LogP contribution in [0.2, 0.25) is 0 Å². The van der Waals surface area contributed by atoms with Crippen molar-refractivity contribution < 1.29 is 0 Å². The highest BCUT2D eigenvalue weighted by molar-refractivity contribution is 9.11. The summed E-state index contributed by atoms with van der Waals surface area (Å²) in [4.78, 5) is 3.47. The van der Waals surface area contributed by atoms with Gasteiger partial charge in [-0.15, -0.1) is 11.3 Å². The maximum atomic E-state index is 5.97. The molecule has 0 aliphatic carbocycles. The van der Waals surface area contributed by atoms with Crippen LogP contribution in [0.3, 0.4) is 0 Å². The molecule has 1 heterocycles. The molecular formula is C9H15BrN2S. The number of halogens is 1. The molecule has 0 radical (unpaired) electrons. The van der Waals surface area contributed by atoms with Crippen molar-refractivity contribution in [1.82, 2.24) is 4.90 Å². The SMILES string of the molecule is CN(C)CC(N)Cc1ccc(Br)s1. The summed E-state index contributed by atoms with van der Waals surface area (Å²) in [5.74, 6) is 0. The van der Waals surface area contributed by atoms with Crippen molar-refractivity contribution in [3.63, 3.8) is 0 Å². The molecular weight excluding hydrogens is 248 g/mol. The van der Waals surface area contributed by atoms with Crippen LogP contribution in [0.4, 0.5) is 0 Å². The number of nitrogens with zero attached hydrogens (tertiary/aromatic N) is 1. The Morgan fingerprint density at radius 3 is 2.69 bits per heavy atom. The smallest absolute Gasteiger partial charge is 0.0701 e. The molecule has 1 aromatic rings. The number of likely N-dealkylation sites (N-methyl/N-ethyl adjacent to an activating group) is 1. The second kappa shape index (κ2) is 5.10. The quantitative estimate of drug-likeness (QED) is 0.899. The number of thiophene rings is 1. The van der Waals surface area contributed by atoms with Gasteiger partial charge in [0.15, 0.2) is 0 Å². The van der Waals surface area contributed by atoms with Gasteiger partial charge in [0.25, 0.3) is 0 Å². The Morgan fingerprint density at radius 1 is 1.54 bits per heavy atom. The third-order valence-corrected chi connectivity index (χ3v) is 3.34. The Labute approximate surface area is 91.9 Å². The monoisotopic (exact) mass is 262 g/mol. The fraction of sp³-hybridized carbons (Fsp3) is 0.556. The number of nitrogens with two attached hydrogens (primary N) is 1. The topological polar surface area (TPSA) is 29.3 Å². The van der Waals surface area contributed by atoms with Crippen LogP contribution < -0.4 is 5.73 Å². The molecule has 2 N–H and O–H groups in total. The van der Waals surface area contributed by atoms with Crippen molar-refractivity contribution >= 4 is 27.3 Å². The molecule has 1 rings (SSSR count). The second-order valence-electron chi connectivity index (χ2n) is 3.43. The minimum atomic E-state index is 0.237. The minimum absolute atomic E-state index is 0.237. The molecule has 0 fully saturated rings. The van der Waals surface area contributed by atoms with Gasteiger partial charge in [-0.3, -0.25) is 0 Å². The molecule has 0 saturated heterocycles. The Hall–Kier alpha value is 0.1000. The van der Waals surface area contributed by atoms with Crippen LogP contribution >= 0.6 is 27.3 Å². The van der Waals surface area contributed by atoms with E-state index >= 15 is 0 Å². The highest BCUT2D eigenvalue weighted by atomic mass is 79.9. The first-order chi connectivity index (χ1) is 6.08. The van der Waals surface area contributed by atoms with Crippen LogP contribution in [0.1, 0.15) is 4.88 Å². The molecule has 4 heteroatoms. The van der Waals surface area contributed by atoms with Gasteiger partial charge in [-0.1, -0.05) is 0 Å². The number of hydrogen-bond donors (Lipinski definition) is 1. The summed E-state index contributed by atoms with van der Waals surface area (Å²) in [6.07, 6.45) is 0.967. The third kappa shape index (κ3) is 4.22. The van der Waals surface area contributed by atoms with Crippen LogP contribution in [-0.4, -0.2) is 31.6 Å². The highest BCUT2D eigenvalue weighted by Crippen LogP contribution is 2.22. The number of hydrogen-bond acceptors (Lipinski definition) is 3. The van der Waals surface area contributed by atoms with Crippen LogP contribution in [0.15, 0.2) is 15.9 Å². The zero-order valence-electron chi connectivity index (χ0n) is 7.96. The maximum absolute atomic E-state index is 5.97. The van der Waals surface area contributed by atoms with Gasteiger partial charge in [0.05, 0.1) is 3.79 Å². The lowest BCUT2D eigenvalue weighted by Crippen LogP contribution is -2.34. The average molecular weight is 263 g/mol. The summed E-state index contributed by atoms with van der Waals surface area (Å²) in [6, 6.07) is 4.44. The van der Waals surface area contributed by atoms with E-state index in [1.807, 2.05) is 14.1 Å². The fourth-order valence-corrected chi connectivity index (χ4v) is 2.83. The van der Waals surface area contributed by atoms with Crippen molar-refractivity contribution in [2.45, 2.75) is 12.5 Å². The molecule has 2 nitrogen and oxygen atoms in total. The van der Waals surface area contributed by atoms with Crippen LogP contribution in [0.25, 0.3) is 0 Å². The lowest BCUT2D eigenvalue weighted by molar-refractivity contribution is 0.372. The van der Waals surface area contributed by atoms with Gasteiger partial charge in [0.2, 0.25) is 0 Å². The summed E-state index contributed by atoms with van der Waals surface area (Å²) in [5, 5.41) is 0. The van der Waals surface area contributed by atoms with E-state index in [1.165, 1.54) is 8.66 Å². The lowest BCUT2D eigenvalue weighted by atomic mass is 10.2. The molecule has 1 aromatic heterocycles. The van der Waals surface area contributed by atoms with Gasteiger partial charge in [0.1, 0.15) is 0 Å². The molecule has 0 spiro atoms. The zero-order chi connectivity index (χ0) is 9.84. The normalized spacial score (nSPS) is 13.6. The predicted octanol–water partition coefficient (Wildman–Crippen LogP) is 1.94. The van der Waals surface area contributed by atoms with Crippen molar-refractivity contribution in [2.24, 2.45) is 5.73 Å². The van der Waals surface area contributed by atoms with E-state index in [2.05, 4.69) is 33.0 Å². The molecule has 0 aliphatic heterocycles. The molecule has 1 unspecified atom stereocenters. The zero-order valence-corrected chi connectivity index (χ0v) is 10.4. The van der Waals surface area contributed by atoms with E-state index in [4.69, 9.17) is 5.73 Å². The Morgan fingerprint density at radius 2 is 2.23 bits per heavy atom. The summed E-state index contributed by atoms with van der Waals surface area (Å²) in [6.45, 7) is 0.940. The van der Waals surface area contributed by atoms with Crippen LogP contribution in [0, 0.1) is 0 Å². The molecule has 0 amide bonds. The lowest BCUT2D eigenvalue weighted by Gasteiger charge is -2.15. The van der Waals surface area contributed by atoms with Gasteiger partial charge < -0.3 is 10.6 Å². The Balaban J connectivity index is 2.40. The van der Waals surface area contributed by atoms with Gasteiger partial charge in [-0.2, -0.15) is 0 Å². The van der Waals surface area contributed by atoms with Gasteiger partial charge in [-0.05, 0) is 48.6 Å². The molecule has 74 valence electrons. The van der Waals surface area contributed by atoms with Crippen molar-refractivity contribution in [1.29, 1.82) is 0 Å². The van der Waals surface area contributed by atoms with E-state index in [0.717, 1.165) is 13.0 Å². The molecule has 13 heavy (non-hydrogen) atoms. The van der Waals surface area contributed by atoms with E-state index in [0.29, 0.717) is 0 Å².